The number of morpholine rings is 1. The van der Waals surface area contributed by atoms with Gasteiger partial charge in [0.1, 0.15) is 0 Å². The standard InChI is InChI=1S/C19H28BrNO2.ClH/c20-17-9-7-16(8-10-17)4-3-13-23-19-6-2-1-5-18(19)21-11-14-22-15-12-21;/h7-10,18-19H,1-6,11-15H2;1H/t18-,19-;/m0./s1. The molecule has 1 aliphatic heterocycles. The fourth-order valence-electron chi connectivity index (χ4n) is 3.76. The largest absolute Gasteiger partial charge is 0.379 e. The third-order valence-electron chi connectivity index (χ3n) is 5.04. The van der Waals surface area contributed by atoms with Crippen LogP contribution in [0.25, 0.3) is 0 Å². The highest BCUT2D eigenvalue weighted by Gasteiger charge is 2.31. The normalized spacial score (nSPS) is 25.2. The molecule has 1 aromatic rings. The third kappa shape index (κ3) is 5.99. The molecule has 0 aromatic heterocycles. The summed E-state index contributed by atoms with van der Waals surface area (Å²) < 4.78 is 12.9. The van der Waals surface area contributed by atoms with Gasteiger partial charge in [0.05, 0.1) is 19.3 Å². The molecule has 1 saturated heterocycles. The Labute approximate surface area is 160 Å². The zero-order valence-electron chi connectivity index (χ0n) is 14.3. The summed E-state index contributed by atoms with van der Waals surface area (Å²) in [5.74, 6) is 0. The van der Waals surface area contributed by atoms with Gasteiger partial charge in [-0.15, -0.1) is 12.4 Å². The Bertz CT molecular complexity index is 465. The van der Waals surface area contributed by atoms with E-state index in [0.29, 0.717) is 12.1 Å². The minimum Gasteiger partial charge on any atom is -0.379 e. The van der Waals surface area contributed by atoms with Gasteiger partial charge in [0, 0.05) is 30.2 Å². The fourth-order valence-corrected chi connectivity index (χ4v) is 4.02. The number of ether oxygens (including phenoxy) is 2. The van der Waals surface area contributed by atoms with Gasteiger partial charge in [-0.1, -0.05) is 40.9 Å². The lowest BCUT2D eigenvalue weighted by molar-refractivity contribution is -0.0657. The van der Waals surface area contributed by atoms with E-state index in [2.05, 4.69) is 45.1 Å². The van der Waals surface area contributed by atoms with Gasteiger partial charge in [-0.05, 0) is 43.4 Å². The minimum atomic E-state index is 0. The molecule has 3 nitrogen and oxygen atoms in total. The van der Waals surface area contributed by atoms with Crippen molar-refractivity contribution in [2.75, 3.05) is 32.9 Å². The van der Waals surface area contributed by atoms with Gasteiger partial charge in [-0.25, -0.2) is 0 Å². The molecular weight excluding hydrogens is 390 g/mol. The van der Waals surface area contributed by atoms with E-state index in [-0.39, 0.29) is 12.4 Å². The molecule has 136 valence electrons. The average molecular weight is 419 g/mol. The maximum atomic E-state index is 6.30. The highest BCUT2D eigenvalue weighted by Crippen LogP contribution is 2.26. The Morgan fingerprint density at radius 1 is 1.08 bits per heavy atom. The Kier molecular flexibility index (Phi) is 9.06. The number of benzene rings is 1. The van der Waals surface area contributed by atoms with Crippen LogP contribution in [0.4, 0.5) is 0 Å². The SMILES string of the molecule is Brc1ccc(CCCO[C@H]2CCCC[C@@H]2N2CCOCC2)cc1.Cl. The molecule has 3 rings (SSSR count). The number of aryl methyl sites for hydroxylation is 1. The van der Waals surface area contributed by atoms with Crippen molar-refractivity contribution >= 4 is 28.3 Å². The first-order valence-corrected chi connectivity index (χ1v) is 9.80. The van der Waals surface area contributed by atoms with Crippen molar-refractivity contribution in [1.82, 2.24) is 4.90 Å². The van der Waals surface area contributed by atoms with Crippen molar-refractivity contribution in [3.63, 3.8) is 0 Å². The van der Waals surface area contributed by atoms with Crippen LogP contribution in [-0.2, 0) is 15.9 Å². The van der Waals surface area contributed by atoms with Crippen molar-refractivity contribution in [3.05, 3.63) is 34.3 Å². The Balaban J connectivity index is 0.00000208. The zero-order chi connectivity index (χ0) is 15.9. The van der Waals surface area contributed by atoms with Crippen LogP contribution in [0.3, 0.4) is 0 Å². The van der Waals surface area contributed by atoms with Crippen molar-refractivity contribution in [1.29, 1.82) is 0 Å². The van der Waals surface area contributed by atoms with E-state index in [1.165, 1.54) is 31.2 Å². The van der Waals surface area contributed by atoms with Gasteiger partial charge in [0.2, 0.25) is 0 Å². The van der Waals surface area contributed by atoms with Crippen LogP contribution in [0.2, 0.25) is 0 Å². The van der Waals surface area contributed by atoms with Gasteiger partial charge < -0.3 is 9.47 Å². The number of nitrogens with zero attached hydrogens (tertiary/aromatic N) is 1. The Morgan fingerprint density at radius 2 is 1.79 bits per heavy atom. The molecule has 0 amide bonds. The molecule has 24 heavy (non-hydrogen) atoms. The molecule has 0 bridgehead atoms. The molecule has 2 aliphatic rings. The minimum absolute atomic E-state index is 0. The molecule has 1 saturated carbocycles. The van der Waals surface area contributed by atoms with Crippen LogP contribution >= 0.6 is 28.3 Å². The predicted octanol–water partition coefficient (Wildman–Crippen LogP) is 4.46. The first kappa shape index (κ1) is 20.2. The van der Waals surface area contributed by atoms with Crippen LogP contribution < -0.4 is 0 Å². The molecule has 0 N–H and O–H groups in total. The Morgan fingerprint density at radius 3 is 2.54 bits per heavy atom. The van der Waals surface area contributed by atoms with Gasteiger partial charge in [0.25, 0.3) is 0 Å². The topological polar surface area (TPSA) is 21.7 Å². The number of rotatable bonds is 6. The molecule has 2 fully saturated rings. The summed E-state index contributed by atoms with van der Waals surface area (Å²) >= 11 is 3.49. The summed E-state index contributed by atoms with van der Waals surface area (Å²) in [7, 11) is 0. The van der Waals surface area contributed by atoms with E-state index in [1.54, 1.807) is 0 Å². The third-order valence-corrected chi connectivity index (χ3v) is 5.57. The lowest BCUT2D eigenvalue weighted by atomic mass is 9.91. The molecule has 1 aromatic carbocycles. The fraction of sp³-hybridized carbons (Fsp3) is 0.684. The molecular formula is C19H29BrClNO2. The van der Waals surface area contributed by atoms with Crippen molar-refractivity contribution < 1.29 is 9.47 Å². The van der Waals surface area contributed by atoms with Gasteiger partial charge in [-0.2, -0.15) is 0 Å². The second-order valence-corrected chi connectivity index (χ2v) is 7.56. The van der Waals surface area contributed by atoms with Crippen molar-refractivity contribution in [2.45, 2.75) is 50.7 Å². The van der Waals surface area contributed by atoms with Crippen LogP contribution in [-0.4, -0.2) is 50.0 Å². The van der Waals surface area contributed by atoms with Crippen molar-refractivity contribution in [3.8, 4) is 0 Å². The van der Waals surface area contributed by atoms with Crippen LogP contribution in [0.15, 0.2) is 28.7 Å². The predicted molar refractivity (Wildman–Crippen MR) is 104 cm³/mol. The molecule has 0 spiro atoms. The van der Waals surface area contributed by atoms with Crippen LogP contribution in [0.1, 0.15) is 37.7 Å². The molecule has 2 atom stereocenters. The lowest BCUT2D eigenvalue weighted by Crippen LogP contribution is -2.51. The quantitative estimate of drug-likeness (QED) is 0.636. The summed E-state index contributed by atoms with van der Waals surface area (Å²) in [6, 6.07) is 9.24. The summed E-state index contributed by atoms with van der Waals surface area (Å²) in [5.41, 5.74) is 1.39. The van der Waals surface area contributed by atoms with E-state index in [9.17, 15) is 0 Å². The summed E-state index contributed by atoms with van der Waals surface area (Å²) in [6.07, 6.45) is 7.80. The highest BCUT2D eigenvalue weighted by molar-refractivity contribution is 9.10. The molecule has 0 unspecified atom stereocenters. The van der Waals surface area contributed by atoms with E-state index >= 15 is 0 Å². The summed E-state index contributed by atoms with van der Waals surface area (Å²) in [6.45, 7) is 4.79. The van der Waals surface area contributed by atoms with Gasteiger partial charge in [-0.3, -0.25) is 4.90 Å². The van der Waals surface area contributed by atoms with Gasteiger partial charge in [0.15, 0.2) is 0 Å². The number of hydrogen-bond acceptors (Lipinski definition) is 3. The maximum absolute atomic E-state index is 6.30. The zero-order valence-corrected chi connectivity index (χ0v) is 16.7. The first-order chi connectivity index (χ1) is 11.3. The monoisotopic (exact) mass is 417 g/mol. The summed E-state index contributed by atoms with van der Waals surface area (Å²) in [4.78, 5) is 2.60. The second kappa shape index (κ2) is 10.8. The first-order valence-electron chi connectivity index (χ1n) is 9.01. The van der Waals surface area contributed by atoms with Crippen LogP contribution in [0.5, 0.6) is 0 Å². The Hall–Kier alpha value is -0.130. The van der Waals surface area contributed by atoms with Gasteiger partial charge >= 0.3 is 0 Å². The average Bonchev–Trinajstić information content (AvgIpc) is 2.61. The van der Waals surface area contributed by atoms with E-state index in [0.717, 1.165) is 50.2 Å². The molecule has 1 heterocycles. The number of halogens is 2. The molecule has 1 aliphatic carbocycles. The van der Waals surface area contributed by atoms with E-state index < -0.39 is 0 Å². The van der Waals surface area contributed by atoms with Crippen molar-refractivity contribution in [2.24, 2.45) is 0 Å². The maximum Gasteiger partial charge on any atom is 0.0730 e. The second-order valence-electron chi connectivity index (χ2n) is 6.64. The number of hydrogen-bond donors (Lipinski definition) is 0. The smallest absolute Gasteiger partial charge is 0.0730 e. The van der Waals surface area contributed by atoms with E-state index in [4.69, 9.17) is 9.47 Å². The summed E-state index contributed by atoms with van der Waals surface area (Å²) in [5, 5.41) is 0. The molecule has 0 radical (unpaired) electrons. The van der Waals surface area contributed by atoms with E-state index in [1.807, 2.05) is 0 Å². The van der Waals surface area contributed by atoms with Crippen LogP contribution in [0, 0.1) is 0 Å². The highest BCUT2D eigenvalue weighted by atomic mass is 79.9. The molecule has 5 heteroatoms. The lowest BCUT2D eigenvalue weighted by Gasteiger charge is -2.41.